The number of halogens is 1. The molecule has 3 rings (SSSR count). The molecule has 0 aliphatic rings. The molecule has 9 nitrogen and oxygen atoms in total. The Labute approximate surface area is 160 Å². The molecule has 0 amide bonds. The quantitative estimate of drug-likeness (QED) is 0.460. The number of nitro groups is 1. The minimum atomic E-state index is -4.08. The second kappa shape index (κ2) is 7.44. The van der Waals surface area contributed by atoms with Crippen molar-refractivity contribution in [2.24, 2.45) is 0 Å². The van der Waals surface area contributed by atoms with Crippen molar-refractivity contribution in [1.82, 2.24) is 19.1 Å². The molecule has 0 N–H and O–H groups in total. The number of hydrogen-bond donors (Lipinski definition) is 0. The van der Waals surface area contributed by atoms with Crippen LogP contribution in [0.1, 0.15) is 18.5 Å². The minimum Gasteiger partial charge on any atom is -0.258 e. The summed E-state index contributed by atoms with van der Waals surface area (Å²) in [4.78, 5) is 13.5. The molecular formula is C17H16FN5O4S. The lowest BCUT2D eigenvalue weighted by atomic mass is 10.1. The van der Waals surface area contributed by atoms with Crippen molar-refractivity contribution in [1.29, 1.82) is 0 Å². The van der Waals surface area contributed by atoms with Crippen molar-refractivity contribution >= 4 is 15.7 Å². The summed E-state index contributed by atoms with van der Waals surface area (Å²) in [6.07, 6.45) is 2.94. The summed E-state index contributed by atoms with van der Waals surface area (Å²) >= 11 is 0. The highest BCUT2D eigenvalue weighted by molar-refractivity contribution is 7.89. The van der Waals surface area contributed by atoms with E-state index in [0.717, 1.165) is 28.2 Å². The lowest BCUT2D eigenvalue weighted by Crippen LogP contribution is -2.30. The molecule has 2 aromatic carbocycles. The lowest BCUT2D eigenvalue weighted by Gasteiger charge is -2.25. The van der Waals surface area contributed by atoms with Crippen LogP contribution in [0.3, 0.4) is 0 Å². The molecule has 0 saturated heterocycles. The maximum atomic E-state index is 13.5. The van der Waals surface area contributed by atoms with Gasteiger partial charge in [0.2, 0.25) is 15.8 Å². The van der Waals surface area contributed by atoms with Gasteiger partial charge in [-0.15, -0.1) is 0 Å². The van der Waals surface area contributed by atoms with Crippen LogP contribution in [0.2, 0.25) is 0 Å². The summed E-state index contributed by atoms with van der Waals surface area (Å²) in [5.74, 6) is -1.09. The Hall–Kier alpha value is -3.18. The third-order valence-corrected chi connectivity index (χ3v) is 6.32. The molecule has 28 heavy (non-hydrogen) atoms. The van der Waals surface area contributed by atoms with Crippen LogP contribution in [-0.4, -0.2) is 39.5 Å². The molecule has 0 aliphatic carbocycles. The van der Waals surface area contributed by atoms with Crippen molar-refractivity contribution in [3.8, 4) is 5.69 Å². The molecule has 1 atom stereocenters. The van der Waals surface area contributed by atoms with Gasteiger partial charge in [-0.3, -0.25) is 10.1 Å². The van der Waals surface area contributed by atoms with Crippen molar-refractivity contribution in [3.05, 3.63) is 76.6 Å². The van der Waals surface area contributed by atoms with Crippen molar-refractivity contribution in [2.75, 3.05) is 7.05 Å². The molecule has 0 spiro atoms. The molecule has 146 valence electrons. The summed E-state index contributed by atoms with van der Waals surface area (Å²) < 4.78 is 41.9. The van der Waals surface area contributed by atoms with Crippen molar-refractivity contribution < 1.29 is 17.7 Å². The van der Waals surface area contributed by atoms with Crippen LogP contribution < -0.4 is 0 Å². The zero-order valence-corrected chi connectivity index (χ0v) is 15.7. The maximum Gasteiger partial charge on any atom is 0.306 e. The Kier molecular flexibility index (Phi) is 5.21. The molecule has 0 radical (unpaired) electrons. The number of nitrogens with zero attached hydrogens (tertiary/aromatic N) is 5. The molecule has 0 aliphatic heterocycles. The second-order valence-corrected chi connectivity index (χ2v) is 8.00. The van der Waals surface area contributed by atoms with E-state index >= 15 is 0 Å². The number of aromatic nitrogens is 3. The normalized spacial score (nSPS) is 12.9. The highest BCUT2D eigenvalue weighted by Gasteiger charge is 2.29. The monoisotopic (exact) mass is 405 g/mol. The van der Waals surface area contributed by atoms with Gasteiger partial charge in [-0.05, 0) is 36.8 Å². The molecule has 1 heterocycles. The third kappa shape index (κ3) is 3.62. The number of nitro benzene ring substituents is 1. The fourth-order valence-electron chi connectivity index (χ4n) is 2.62. The van der Waals surface area contributed by atoms with Crippen LogP contribution >= 0.6 is 0 Å². The first-order chi connectivity index (χ1) is 13.2. The number of hydrogen-bond acceptors (Lipinski definition) is 6. The Morgan fingerprint density at radius 2 is 1.89 bits per heavy atom. The molecular weight excluding hydrogens is 389 g/mol. The lowest BCUT2D eigenvalue weighted by molar-refractivity contribution is -0.387. The van der Waals surface area contributed by atoms with E-state index in [2.05, 4.69) is 10.1 Å². The Bertz CT molecular complexity index is 1100. The van der Waals surface area contributed by atoms with Crippen LogP contribution in [0.4, 0.5) is 10.1 Å². The zero-order chi connectivity index (χ0) is 20.5. The van der Waals surface area contributed by atoms with E-state index in [1.807, 2.05) is 0 Å². The van der Waals surface area contributed by atoms with E-state index in [9.17, 15) is 22.9 Å². The highest BCUT2D eigenvalue weighted by Crippen LogP contribution is 2.29. The van der Waals surface area contributed by atoms with Gasteiger partial charge in [0.25, 0.3) is 0 Å². The molecule has 0 bridgehead atoms. The fraction of sp³-hybridized carbons (Fsp3) is 0.176. The Morgan fingerprint density at radius 3 is 2.46 bits per heavy atom. The smallest absolute Gasteiger partial charge is 0.258 e. The SMILES string of the molecule is C[C@@H](c1ccc(-n2cncn2)cc1)N(C)S(=O)(=O)c1ccc(F)c([N+](=O)[O-])c1. The molecule has 1 aromatic heterocycles. The molecule has 3 aromatic rings. The van der Waals surface area contributed by atoms with Gasteiger partial charge in [0.1, 0.15) is 12.7 Å². The predicted octanol–water partition coefficient (Wildman–Crippen LogP) is 2.70. The van der Waals surface area contributed by atoms with Crippen LogP contribution in [0, 0.1) is 15.9 Å². The maximum absolute atomic E-state index is 13.5. The van der Waals surface area contributed by atoms with Gasteiger partial charge in [-0.2, -0.15) is 13.8 Å². The zero-order valence-electron chi connectivity index (χ0n) is 14.9. The van der Waals surface area contributed by atoms with Crippen LogP contribution in [-0.2, 0) is 10.0 Å². The summed E-state index contributed by atoms with van der Waals surface area (Å²) in [5.41, 5.74) is 0.569. The van der Waals surface area contributed by atoms with Gasteiger partial charge in [0, 0.05) is 19.2 Å². The number of sulfonamides is 1. The van der Waals surface area contributed by atoms with E-state index in [4.69, 9.17) is 0 Å². The van der Waals surface area contributed by atoms with E-state index in [0.29, 0.717) is 5.56 Å². The number of rotatable bonds is 6. The van der Waals surface area contributed by atoms with Crippen LogP contribution in [0.5, 0.6) is 0 Å². The van der Waals surface area contributed by atoms with Gasteiger partial charge in [-0.1, -0.05) is 12.1 Å². The highest BCUT2D eigenvalue weighted by atomic mass is 32.2. The second-order valence-electron chi connectivity index (χ2n) is 6.00. The Morgan fingerprint density at radius 1 is 1.21 bits per heavy atom. The molecule has 0 saturated carbocycles. The molecule has 0 fully saturated rings. The van der Waals surface area contributed by atoms with Crippen molar-refractivity contribution in [2.45, 2.75) is 17.9 Å². The largest absolute Gasteiger partial charge is 0.306 e. The van der Waals surface area contributed by atoms with Gasteiger partial charge in [0.05, 0.1) is 15.5 Å². The fourth-order valence-corrected chi connectivity index (χ4v) is 4.00. The molecule has 0 unspecified atom stereocenters. The van der Waals surface area contributed by atoms with E-state index in [1.165, 1.54) is 19.7 Å². The predicted molar refractivity (Wildman–Crippen MR) is 97.8 cm³/mol. The van der Waals surface area contributed by atoms with E-state index in [-0.39, 0.29) is 4.90 Å². The number of benzene rings is 2. The minimum absolute atomic E-state index is 0.353. The van der Waals surface area contributed by atoms with Gasteiger partial charge < -0.3 is 0 Å². The summed E-state index contributed by atoms with van der Waals surface area (Å²) in [7, 11) is -2.72. The average Bonchev–Trinajstić information content (AvgIpc) is 3.21. The van der Waals surface area contributed by atoms with Crippen LogP contribution in [0.15, 0.2) is 60.0 Å². The van der Waals surface area contributed by atoms with Crippen LogP contribution in [0.25, 0.3) is 5.69 Å². The van der Waals surface area contributed by atoms with E-state index in [1.54, 1.807) is 35.9 Å². The topological polar surface area (TPSA) is 111 Å². The molecule has 11 heteroatoms. The summed E-state index contributed by atoms with van der Waals surface area (Å²) in [6, 6.07) is 8.97. The van der Waals surface area contributed by atoms with Crippen molar-refractivity contribution in [3.63, 3.8) is 0 Å². The Balaban J connectivity index is 1.88. The summed E-state index contributed by atoms with van der Waals surface area (Å²) in [5, 5.41) is 14.9. The average molecular weight is 405 g/mol. The van der Waals surface area contributed by atoms with E-state index < -0.39 is 32.5 Å². The van der Waals surface area contributed by atoms with Gasteiger partial charge >= 0.3 is 5.69 Å². The first-order valence-corrected chi connectivity index (χ1v) is 9.53. The summed E-state index contributed by atoms with van der Waals surface area (Å²) in [6.45, 7) is 1.68. The first-order valence-electron chi connectivity index (χ1n) is 8.09. The first kappa shape index (κ1) is 19.6. The standard InChI is InChI=1S/C17H16FN5O4S/c1-12(13-3-5-14(6-4-13)22-11-19-10-20-22)21(2)28(26,27)15-7-8-16(18)17(9-15)23(24)25/h3-12H,1-2H3/t12-/m0/s1. The third-order valence-electron chi connectivity index (χ3n) is 4.40. The van der Waals surface area contributed by atoms with Gasteiger partial charge in [-0.25, -0.2) is 18.1 Å². The van der Waals surface area contributed by atoms with Gasteiger partial charge in [0.15, 0.2) is 0 Å².